The van der Waals surface area contributed by atoms with E-state index in [9.17, 15) is 24.3 Å². The Balaban J connectivity index is 1.54. The Morgan fingerprint density at radius 1 is 1.20 bits per heavy atom. The first-order chi connectivity index (χ1) is 23.4. The van der Waals surface area contributed by atoms with E-state index in [0.29, 0.717) is 30.6 Å². The summed E-state index contributed by atoms with van der Waals surface area (Å²) in [4.78, 5) is 58.2. The number of hydrogen-bond donors (Lipinski definition) is 3. The van der Waals surface area contributed by atoms with Crippen molar-refractivity contribution in [1.29, 1.82) is 0 Å². The zero-order valence-electron chi connectivity index (χ0n) is 28.5. The number of benzene rings is 1. The van der Waals surface area contributed by atoms with Gasteiger partial charge in [0.15, 0.2) is 11.6 Å². The maximum Gasteiger partial charge on any atom is 0.411 e. The SMILES string of the molecule is C=C1Cc2nc(co2)C(=O)N2CCC[C@@H]2C(=O)O[C@H]([C@@H](C)COC(=O)Nc2ccc(C)cc2)[C@H](C)/C=C/C(=O)NC/C=C/C(C)=C/[C@@H](O)C1. The van der Waals surface area contributed by atoms with Gasteiger partial charge in [-0.2, -0.15) is 0 Å². The highest BCUT2D eigenvalue weighted by Crippen LogP contribution is 2.26. The summed E-state index contributed by atoms with van der Waals surface area (Å²) in [5, 5.41) is 16.0. The number of fused-ring (bicyclic) bond motifs is 3. The molecule has 12 heteroatoms. The predicted molar refractivity (Wildman–Crippen MR) is 183 cm³/mol. The lowest BCUT2D eigenvalue weighted by molar-refractivity contribution is -0.159. The minimum atomic E-state index is -0.860. The molecule has 12 nitrogen and oxygen atoms in total. The zero-order valence-corrected chi connectivity index (χ0v) is 28.5. The number of hydrogen-bond acceptors (Lipinski definition) is 9. The smallest absolute Gasteiger partial charge is 0.411 e. The number of esters is 1. The monoisotopic (exact) mass is 674 g/mol. The first kappa shape index (κ1) is 36.9. The largest absolute Gasteiger partial charge is 0.460 e. The van der Waals surface area contributed by atoms with E-state index < -0.39 is 48.1 Å². The second kappa shape index (κ2) is 17.4. The van der Waals surface area contributed by atoms with Crippen molar-refractivity contribution in [3.8, 4) is 0 Å². The predicted octanol–water partition coefficient (Wildman–Crippen LogP) is 5.06. The molecule has 2 bridgehead atoms. The number of carbonyl (C=O) groups excluding carboxylic acids is 4. The third-order valence-corrected chi connectivity index (χ3v) is 8.34. The van der Waals surface area contributed by atoms with Gasteiger partial charge in [0.2, 0.25) is 5.91 Å². The molecule has 1 saturated heterocycles. The summed E-state index contributed by atoms with van der Waals surface area (Å²) in [5.41, 5.74) is 3.15. The fourth-order valence-electron chi connectivity index (χ4n) is 5.75. The summed E-state index contributed by atoms with van der Waals surface area (Å²) in [6.45, 7) is 11.9. The topological polar surface area (TPSA) is 160 Å². The lowest BCUT2D eigenvalue weighted by Crippen LogP contribution is -2.44. The lowest BCUT2D eigenvalue weighted by Gasteiger charge is -2.30. The number of rotatable bonds is 4. The third-order valence-electron chi connectivity index (χ3n) is 8.34. The maximum atomic E-state index is 13.7. The zero-order chi connectivity index (χ0) is 35.5. The van der Waals surface area contributed by atoms with Crippen LogP contribution in [0.1, 0.15) is 62.0 Å². The molecular weight excluding hydrogens is 628 g/mol. The van der Waals surface area contributed by atoms with Crippen LogP contribution in [-0.2, 0) is 25.5 Å². The molecule has 0 saturated carbocycles. The van der Waals surface area contributed by atoms with Gasteiger partial charge in [-0.05, 0) is 51.3 Å². The number of aliphatic hydroxyl groups excluding tert-OH is 1. The molecule has 1 aromatic carbocycles. The van der Waals surface area contributed by atoms with Crippen LogP contribution in [0, 0.1) is 18.8 Å². The molecule has 4 rings (SSSR count). The molecule has 262 valence electrons. The number of cyclic esters (lactones) is 1. The van der Waals surface area contributed by atoms with Crippen molar-refractivity contribution >= 4 is 29.6 Å². The minimum absolute atomic E-state index is 0.0579. The average Bonchev–Trinajstić information content (AvgIpc) is 3.74. The van der Waals surface area contributed by atoms with Crippen LogP contribution >= 0.6 is 0 Å². The molecule has 0 radical (unpaired) electrons. The van der Waals surface area contributed by atoms with Crippen molar-refractivity contribution < 1.29 is 38.2 Å². The second-order valence-corrected chi connectivity index (χ2v) is 12.7. The Bertz CT molecular complexity index is 1590. The first-order valence-electron chi connectivity index (χ1n) is 16.5. The highest BCUT2D eigenvalue weighted by atomic mass is 16.6. The Morgan fingerprint density at radius 2 is 1.96 bits per heavy atom. The highest BCUT2D eigenvalue weighted by molar-refractivity contribution is 5.95. The molecule has 3 amide bonds. The molecule has 3 N–H and O–H groups in total. The maximum absolute atomic E-state index is 13.7. The first-order valence-corrected chi connectivity index (χ1v) is 16.5. The van der Waals surface area contributed by atoms with Crippen LogP contribution in [0.2, 0.25) is 0 Å². The number of aryl methyl sites for hydroxylation is 1. The van der Waals surface area contributed by atoms with E-state index in [-0.39, 0.29) is 43.5 Å². The van der Waals surface area contributed by atoms with Crippen LogP contribution < -0.4 is 10.6 Å². The van der Waals surface area contributed by atoms with Crippen LogP contribution in [0.3, 0.4) is 0 Å². The number of nitrogens with zero attached hydrogens (tertiary/aromatic N) is 2. The number of allylic oxidation sites excluding steroid dienone is 2. The molecule has 2 aliphatic rings. The fraction of sp³-hybridized carbons (Fsp3) is 0.432. The summed E-state index contributed by atoms with van der Waals surface area (Å²) in [6, 6.07) is 6.41. The van der Waals surface area contributed by atoms with E-state index in [1.165, 1.54) is 17.2 Å². The van der Waals surface area contributed by atoms with Crippen LogP contribution in [0.25, 0.3) is 0 Å². The molecule has 1 fully saturated rings. The second-order valence-electron chi connectivity index (χ2n) is 12.7. The number of amides is 3. The van der Waals surface area contributed by atoms with Gasteiger partial charge in [-0.25, -0.2) is 14.6 Å². The Hall–Kier alpha value is -4.97. The minimum Gasteiger partial charge on any atom is -0.460 e. The highest BCUT2D eigenvalue weighted by Gasteiger charge is 2.39. The van der Waals surface area contributed by atoms with Crippen molar-refractivity contribution in [1.82, 2.24) is 15.2 Å². The van der Waals surface area contributed by atoms with Crippen molar-refractivity contribution in [2.75, 3.05) is 25.0 Å². The van der Waals surface area contributed by atoms with Gasteiger partial charge >= 0.3 is 12.1 Å². The quantitative estimate of drug-likeness (QED) is 0.298. The lowest BCUT2D eigenvalue weighted by atomic mass is 9.93. The molecule has 0 spiro atoms. The Labute approximate surface area is 286 Å². The van der Waals surface area contributed by atoms with Crippen molar-refractivity contribution in [3.05, 3.63) is 95.8 Å². The molecule has 3 heterocycles. The number of aromatic nitrogens is 1. The standard InChI is InChI=1S/C37H46N4O8/c1-23-10-13-28(14-11-23)39-37(46)48-21-27(5)34-26(4)12-15-32(43)38-16-6-8-24(2)18-29(42)19-25(3)20-33-40-30(22-47-33)35(44)41-17-7-9-31(41)36(45)49-34/h6,8,10-15,18,22,26-27,29,31,34,42H,3,7,9,16-17,19-21H2,1-2,4-5H3,(H,38,43)(H,39,46)/b8-6+,15-12+,24-18+/t26-,27+,29-,31-,34+/m1/s1. The fourth-order valence-corrected chi connectivity index (χ4v) is 5.75. The Morgan fingerprint density at radius 3 is 2.71 bits per heavy atom. The molecule has 1 aromatic heterocycles. The molecule has 5 atom stereocenters. The summed E-state index contributed by atoms with van der Waals surface area (Å²) in [6.07, 6.45) is 8.73. The molecular formula is C37H46N4O8. The summed E-state index contributed by atoms with van der Waals surface area (Å²) >= 11 is 0. The van der Waals surface area contributed by atoms with Crippen molar-refractivity contribution in [2.24, 2.45) is 11.8 Å². The number of ether oxygens (including phenoxy) is 2. The third kappa shape index (κ3) is 11.0. The van der Waals surface area contributed by atoms with Gasteiger partial charge in [0.25, 0.3) is 5.91 Å². The summed E-state index contributed by atoms with van der Waals surface area (Å²) in [7, 11) is 0. The average molecular weight is 675 g/mol. The van der Waals surface area contributed by atoms with E-state index in [1.54, 1.807) is 50.3 Å². The van der Waals surface area contributed by atoms with Gasteiger partial charge in [0.05, 0.1) is 12.7 Å². The van der Waals surface area contributed by atoms with E-state index in [0.717, 1.165) is 11.1 Å². The molecule has 0 unspecified atom stereocenters. The van der Waals surface area contributed by atoms with Crippen LogP contribution in [-0.4, -0.2) is 76.8 Å². The van der Waals surface area contributed by atoms with Crippen LogP contribution in [0.4, 0.5) is 10.5 Å². The van der Waals surface area contributed by atoms with Gasteiger partial charge in [0.1, 0.15) is 18.4 Å². The normalized spacial score (nSPS) is 26.0. The van der Waals surface area contributed by atoms with E-state index in [4.69, 9.17) is 13.9 Å². The summed E-state index contributed by atoms with van der Waals surface area (Å²) < 4.78 is 17.1. The summed E-state index contributed by atoms with van der Waals surface area (Å²) in [5.74, 6) is -2.08. The Kier molecular flexibility index (Phi) is 13.1. The van der Waals surface area contributed by atoms with Crippen LogP contribution in [0.15, 0.2) is 83.1 Å². The number of anilines is 1. The number of oxazole rings is 1. The van der Waals surface area contributed by atoms with Gasteiger partial charge in [-0.15, -0.1) is 0 Å². The van der Waals surface area contributed by atoms with Gasteiger partial charge < -0.3 is 29.2 Å². The number of carbonyl (C=O) groups is 4. The van der Waals surface area contributed by atoms with E-state index in [1.807, 2.05) is 26.0 Å². The van der Waals surface area contributed by atoms with Crippen LogP contribution in [0.5, 0.6) is 0 Å². The van der Waals surface area contributed by atoms with Gasteiger partial charge in [-0.1, -0.05) is 73.6 Å². The number of aliphatic hydroxyl groups is 1. The van der Waals surface area contributed by atoms with E-state index >= 15 is 0 Å². The van der Waals surface area contributed by atoms with E-state index in [2.05, 4.69) is 22.2 Å². The molecule has 49 heavy (non-hydrogen) atoms. The molecule has 2 aliphatic heterocycles. The molecule has 2 aromatic rings. The van der Waals surface area contributed by atoms with Gasteiger partial charge in [-0.3, -0.25) is 14.9 Å². The van der Waals surface area contributed by atoms with Gasteiger partial charge in [0, 0.05) is 37.0 Å². The number of nitrogens with one attached hydrogen (secondary N) is 2. The molecule has 0 aliphatic carbocycles. The van der Waals surface area contributed by atoms with Crippen molar-refractivity contribution in [2.45, 2.75) is 71.6 Å². The van der Waals surface area contributed by atoms with Crippen molar-refractivity contribution in [3.63, 3.8) is 0 Å².